The monoisotopic (exact) mass is 784 g/mol. The number of carbonyl (C=O) groups is 3. The Morgan fingerprint density at radius 3 is 2.41 bits per heavy atom. The van der Waals surface area contributed by atoms with Gasteiger partial charge in [0.25, 0.3) is 5.91 Å². The van der Waals surface area contributed by atoms with Crippen molar-refractivity contribution in [3.63, 3.8) is 0 Å². The normalized spacial score (nSPS) is 23.4. The topological polar surface area (TPSA) is 137 Å². The highest BCUT2D eigenvalue weighted by atomic mass is 16.5. The molecular formula is C46H52N6O6. The lowest BCUT2D eigenvalue weighted by molar-refractivity contribution is -0.134. The number of methoxy groups -OCH3 is 1. The number of hydrogen-bond donors (Lipinski definition) is 3. The molecule has 4 aromatic rings. The molecule has 4 aliphatic heterocycles. The van der Waals surface area contributed by atoms with Gasteiger partial charge in [-0.2, -0.15) is 0 Å². The number of anilines is 2. The van der Waals surface area contributed by atoms with E-state index in [9.17, 15) is 19.5 Å². The maximum Gasteiger partial charge on any atom is 0.270 e. The minimum absolute atomic E-state index is 0.142. The number of aromatic nitrogens is 1. The van der Waals surface area contributed by atoms with Crippen molar-refractivity contribution in [3.05, 3.63) is 107 Å². The van der Waals surface area contributed by atoms with Gasteiger partial charge >= 0.3 is 0 Å². The first-order valence-electron chi connectivity index (χ1n) is 20.8. The number of ether oxygens (including phenoxy) is 2. The molecule has 9 rings (SSSR count). The summed E-state index contributed by atoms with van der Waals surface area (Å²) in [5, 5.41) is 15.1. The second kappa shape index (κ2) is 16.0. The van der Waals surface area contributed by atoms with E-state index in [0.29, 0.717) is 23.7 Å². The lowest BCUT2D eigenvalue weighted by Crippen LogP contribution is -2.58. The predicted octanol–water partition coefficient (Wildman–Crippen LogP) is 5.46. The number of nitrogens with one attached hydrogen (secondary N) is 2. The molecular weight excluding hydrogens is 733 g/mol. The largest absolute Gasteiger partial charge is 0.508 e. The molecule has 3 aromatic carbocycles. The smallest absolute Gasteiger partial charge is 0.270 e. The van der Waals surface area contributed by atoms with Crippen LogP contribution in [0.25, 0.3) is 0 Å². The van der Waals surface area contributed by atoms with Crippen molar-refractivity contribution < 1.29 is 29.0 Å². The Hall–Kier alpha value is -5.62. The van der Waals surface area contributed by atoms with E-state index in [4.69, 9.17) is 9.47 Å². The van der Waals surface area contributed by atoms with Crippen LogP contribution in [-0.2, 0) is 9.59 Å². The number of carbonyl (C=O) groups excluding carboxylic acids is 3. The van der Waals surface area contributed by atoms with Crippen LogP contribution in [0.5, 0.6) is 17.2 Å². The number of piperazine rings is 1. The quantitative estimate of drug-likeness (QED) is 0.188. The van der Waals surface area contributed by atoms with Crippen LogP contribution in [0.4, 0.5) is 11.4 Å². The summed E-state index contributed by atoms with van der Waals surface area (Å²) in [6, 6.07) is 26.2. The fourth-order valence-electron chi connectivity index (χ4n) is 9.98. The summed E-state index contributed by atoms with van der Waals surface area (Å²) in [6.45, 7) is 7.56. The standard InChI is InChI=1S/C46H52N6O6/c1-57-41-24-38(45(56)48-37-13-14-42(54)49-44(37)55)47-25-39(41)51-21-19-50(20-22-51)26-30-15-17-46(18-16-30)28-52(29-46)33-9-7-32(8-10-33)43-35-12-11-34(53)23-40(35)58-27-36(43)31-5-3-2-4-6-31/h2-12,23-25,30,36-37,43,53H,13-22,26-29H2,1H3,(H,48,56)(H,49,54,55)/t36-,37?,43-/m0/s1. The molecule has 12 heteroatoms. The van der Waals surface area contributed by atoms with Gasteiger partial charge in [-0.05, 0) is 67.3 Å². The lowest BCUT2D eigenvalue weighted by atomic mass is 9.65. The second-order valence-corrected chi connectivity index (χ2v) is 16.9. The van der Waals surface area contributed by atoms with E-state index >= 15 is 0 Å². The Morgan fingerprint density at radius 2 is 1.69 bits per heavy atom. The molecule has 58 heavy (non-hydrogen) atoms. The molecule has 4 fully saturated rings. The molecule has 3 amide bonds. The first-order valence-corrected chi connectivity index (χ1v) is 20.8. The number of pyridine rings is 1. The molecule has 1 spiro atoms. The van der Waals surface area contributed by atoms with Crippen LogP contribution in [0.2, 0.25) is 0 Å². The molecule has 3 atom stereocenters. The van der Waals surface area contributed by atoms with Crippen molar-refractivity contribution in [2.24, 2.45) is 11.3 Å². The van der Waals surface area contributed by atoms with Crippen LogP contribution in [-0.4, -0.2) is 98.3 Å². The van der Waals surface area contributed by atoms with Gasteiger partial charge in [0.1, 0.15) is 29.0 Å². The first-order chi connectivity index (χ1) is 28.2. The molecule has 5 aliphatic rings. The highest BCUT2D eigenvalue weighted by Gasteiger charge is 2.45. The number of piperidine rings is 1. The van der Waals surface area contributed by atoms with Gasteiger partial charge in [-0.25, -0.2) is 4.98 Å². The number of amides is 3. The molecule has 3 saturated heterocycles. The fourth-order valence-corrected chi connectivity index (χ4v) is 9.98. The summed E-state index contributed by atoms with van der Waals surface area (Å²) >= 11 is 0. The molecule has 0 bridgehead atoms. The lowest BCUT2D eigenvalue weighted by Gasteiger charge is -2.55. The summed E-state index contributed by atoms with van der Waals surface area (Å²) in [6.07, 6.45) is 7.25. The number of phenols is 1. The molecule has 1 aromatic heterocycles. The van der Waals surface area contributed by atoms with Crippen molar-refractivity contribution in [1.82, 2.24) is 20.5 Å². The highest BCUT2D eigenvalue weighted by Crippen LogP contribution is 2.49. The van der Waals surface area contributed by atoms with Gasteiger partial charge in [0, 0.05) is 92.9 Å². The maximum atomic E-state index is 12.9. The number of fused-ring (bicyclic) bond motifs is 1. The van der Waals surface area contributed by atoms with Crippen LogP contribution in [0.1, 0.15) is 77.5 Å². The molecule has 5 heterocycles. The predicted molar refractivity (Wildman–Crippen MR) is 221 cm³/mol. The first kappa shape index (κ1) is 37.9. The van der Waals surface area contributed by atoms with Gasteiger partial charge < -0.3 is 29.7 Å². The third-order valence-corrected chi connectivity index (χ3v) is 13.3. The van der Waals surface area contributed by atoms with Crippen LogP contribution in [0, 0.1) is 11.3 Å². The number of phenolic OH excluding ortho intramolecular Hbond substituents is 1. The summed E-state index contributed by atoms with van der Waals surface area (Å²) in [4.78, 5) is 48.3. The van der Waals surface area contributed by atoms with Crippen molar-refractivity contribution in [1.29, 1.82) is 0 Å². The summed E-state index contributed by atoms with van der Waals surface area (Å²) in [5.41, 5.74) is 6.39. The number of aromatic hydroxyl groups is 1. The Kier molecular flexibility index (Phi) is 10.4. The Balaban J connectivity index is 0.752. The fraction of sp³-hybridized carbons (Fsp3) is 0.435. The number of imide groups is 1. The van der Waals surface area contributed by atoms with E-state index in [1.165, 1.54) is 42.5 Å². The number of hydrogen-bond acceptors (Lipinski definition) is 10. The number of benzene rings is 3. The molecule has 1 saturated carbocycles. The van der Waals surface area contributed by atoms with Crippen molar-refractivity contribution >= 4 is 29.1 Å². The maximum absolute atomic E-state index is 12.9. The van der Waals surface area contributed by atoms with Crippen molar-refractivity contribution in [2.45, 2.75) is 56.4 Å². The van der Waals surface area contributed by atoms with Gasteiger partial charge in [0.2, 0.25) is 11.8 Å². The van der Waals surface area contributed by atoms with Gasteiger partial charge in [-0.1, -0.05) is 48.5 Å². The van der Waals surface area contributed by atoms with E-state index in [2.05, 4.69) is 84.9 Å². The Morgan fingerprint density at radius 1 is 0.931 bits per heavy atom. The van der Waals surface area contributed by atoms with Gasteiger partial charge in [0.15, 0.2) is 0 Å². The van der Waals surface area contributed by atoms with Gasteiger partial charge in [0.05, 0.1) is 25.6 Å². The molecule has 1 aliphatic carbocycles. The zero-order valence-corrected chi connectivity index (χ0v) is 33.1. The molecule has 12 nitrogen and oxygen atoms in total. The SMILES string of the molecule is COc1cc(C(=O)NC2CCC(=O)NC2=O)ncc1N1CCN(CC2CCC3(CC2)CN(c2ccc([C@H]4c5ccc(O)cc5OC[C@H]4c4ccccc4)cc2)C3)CC1. The van der Waals surface area contributed by atoms with Crippen LogP contribution in [0.3, 0.4) is 0 Å². The molecule has 1 unspecified atom stereocenters. The summed E-state index contributed by atoms with van der Waals surface area (Å²) in [7, 11) is 1.59. The summed E-state index contributed by atoms with van der Waals surface area (Å²) in [5.74, 6) is 1.32. The third kappa shape index (κ3) is 7.69. The zero-order chi connectivity index (χ0) is 39.8. The van der Waals surface area contributed by atoms with Gasteiger partial charge in [-0.3, -0.25) is 24.6 Å². The van der Waals surface area contributed by atoms with E-state index in [1.807, 2.05) is 6.07 Å². The zero-order valence-electron chi connectivity index (χ0n) is 33.1. The summed E-state index contributed by atoms with van der Waals surface area (Å²) < 4.78 is 11.9. The highest BCUT2D eigenvalue weighted by molar-refractivity contribution is 6.03. The molecule has 302 valence electrons. The average Bonchev–Trinajstić information content (AvgIpc) is 3.24. The van der Waals surface area contributed by atoms with Crippen LogP contribution < -0.4 is 29.9 Å². The second-order valence-electron chi connectivity index (χ2n) is 16.9. The van der Waals surface area contributed by atoms with Gasteiger partial charge in [-0.15, -0.1) is 0 Å². The Bertz CT molecular complexity index is 2140. The number of nitrogens with zero attached hydrogens (tertiary/aromatic N) is 4. The number of rotatable bonds is 9. The van der Waals surface area contributed by atoms with Crippen molar-refractivity contribution in [2.75, 3.05) is 69.3 Å². The molecule has 3 N–H and O–H groups in total. The minimum Gasteiger partial charge on any atom is -0.508 e. The average molecular weight is 785 g/mol. The minimum atomic E-state index is -0.761. The van der Waals surface area contributed by atoms with Crippen LogP contribution >= 0.6 is 0 Å². The van der Waals surface area contributed by atoms with Crippen LogP contribution in [0.15, 0.2) is 85.1 Å². The van der Waals surface area contributed by atoms with E-state index in [1.54, 1.807) is 31.5 Å². The molecule has 0 radical (unpaired) electrons. The third-order valence-electron chi connectivity index (χ3n) is 13.3. The van der Waals surface area contributed by atoms with E-state index in [0.717, 1.165) is 62.8 Å². The Labute approximate surface area is 339 Å². The van der Waals surface area contributed by atoms with E-state index < -0.39 is 17.9 Å². The van der Waals surface area contributed by atoms with E-state index in [-0.39, 0.29) is 42.0 Å². The van der Waals surface area contributed by atoms with Crippen molar-refractivity contribution in [3.8, 4) is 17.2 Å².